The lowest BCUT2D eigenvalue weighted by molar-refractivity contribution is 0.0598. The number of nitrogens with zero attached hydrogens (tertiary/aromatic N) is 2. The molecule has 55 heavy (non-hydrogen) atoms. The minimum absolute atomic E-state index is 0.0760. The summed E-state index contributed by atoms with van der Waals surface area (Å²) in [5, 5.41) is 17.0. The average Bonchev–Trinajstić information content (AvgIpc) is 3.89. The number of esters is 1. The Hall–Kier alpha value is -4.39. The van der Waals surface area contributed by atoms with Gasteiger partial charge in [-0.1, -0.05) is 94.9 Å². The van der Waals surface area contributed by atoms with Crippen LogP contribution >= 0.6 is 85.0 Å². The summed E-state index contributed by atoms with van der Waals surface area (Å²) in [6.45, 7) is 1.48. The van der Waals surface area contributed by atoms with Gasteiger partial charge in [-0.3, -0.25) is 4.79 Å². The number of ether oxygens (including phenoxy) is 1. The van der Waals surface area contributed by atoms with Crippen LogP contribution < -0.4 is 0 Å². The van der Waals surface area contributed by atoms with E-state index in [1.54, 1.807) is 66.7 Å². The molecular formula is C41H25BrCl4N2O5S2. The minimum atomic E-state index is -1.05. The number of carboxylic acid groups (broad SMARTS) is 1. The summed E-state index contributed by atoms with van der Waals surface area (Å²) in [6, 6.07) is 28.3. The number of halogens is 5. The quantitative estimate of drug-likeness (QED) is 0.120. The van der Waals surface area contributed by atoms with Crippen molar-refractivity contribution in [3.05, 3.63) is 149 Å². The summed E-state index contributed by atoms with van der Waals surface area (Å²) in [4.78, 5) is 44.8. The number of thiazole rings is 2. The molecule has 0 atom stereocenters. The number of hydrogen-bond donors (Lipinski definition) is 1. The number of aromatic carboxylic acids is 1. The van der Waals surface area contributed by atoms with E-state index in [1.807, 2.05) is 41.1 Å². The first-order valence-corrected chi connectivity index (χ1v) is 20.1. The Balaban J connectivity index is 0.000000193. The van der Waals surface area contributed by atoms with Gasteiger partial charge in [0.2, 0.25) is 0 Å². The molecule has 2 heterocycles. The number of aromatic nitrogens is 2. The summed E-state index contributed by atoms with van der Waals surface area (Å²) in [7, 11) is 1.35. The van der Waals surface area contributed by atoms with E-state index in [9.17, 15) is 19.5 Å². The molecular weight excluding hydrogens is 886 g/mol. The Morgan fingerprint density at radius 1 is 0.636 bits per heavy atom. The number of Topliss-reactive ketones (excluding diaryl/α,β-unsaturated/α-hetero) is 1. The largest absolute Gasteiger partial charge is 0.478 e. The smallest absolute Gasteiger partial charge is 0.339 e. The lowest BCUT2D eigenvalue weighted by atomic mass is 9.95. The maximum atomic E-state index is 12.0. The standard InChI is InChI=1S/C24H15Cl2NO3S.C17H10BrCl2NO2S/c1-13(28)14-3-2-4-15(9-14)18-7-5-17(10-19(18)24(29)30)23-27-22(12-31-23)16-6-8-20(25)21(26)11-16;1-23-17(22)11-6-10(2-4-12(11)18)16-21-15(8-24-16)9-3-5-13(19)14(20)7-9/h2-12H,1H3,(H,29,30);2-8H,1H3. The van der Waals surface area contributed by atoms with Gasteiger partial charge < -0.3 is 9.84 Å². The number of ketones is 1. The summed E-state index contributed by atoms with van der Waals surface area (Å²) in [6.07, 6.45) is 0. The molecule has 7 rings (SSSR count). The van der Waals surface area contributed by atoms with Crippen molar-refractivity contribution in [3.8, 4) is 54.8 Å². The van der Waals surface area contributed by atoms with Crippen molar-refractivity contribution in [2.75, 3.05) is 7.11 Å². The lowest BCUT2D eigenvalue weighted by Crippen LogP contribution is -2.02. The molecule has 0 spiro atoms. The topological polar surface area (TPSA) is 106 Å². The molecule has 2 aromatic heterocycles. The Morgan fingerprint density at radius 2 is 1.16 bits per heavy atom. The molecule has 0 fully saturated rings. The summed E-state index contributed by atoms with van der Waals surface area (Å²) in [5.41, 5.74) is 7.13. The molecule has 0 aliphatic carbocycles. The fraction of sp³-hybridized carbons (Fsp3) is 0.0488. The molecule has 0 saturated carbocycles. The van der Waals surface area contributed by atoms with Gasteiger partial charge in [-0.15, -0.1) is 22.7 Å². The number of carbonyl (C=O) groups is 3. The predicted octanol–water partition coefficient (Wildman–Crippen LogP) is 13.7. The maximum Gasteiger partial charge on any atom is 0.339 e. The first-order chi connectivity index (χ1) is 26.3. The third kappa shape index (κ3) is 9.36. The number of carboxylic acids is 1. The molecule has 7 aromatic rings. The van der Waals surface area contributed by atoms with Gasteiger partial charge in [0.15, 0.2) is 5.78 Å². The highest BCUT2D eigenvalue weighted by molar-refractivity contribution is 9.10. The molecule has 5 aromatic carbocycles. The Labute approximate surface area is 352 Å². The van der Waals surface area contributed by atoms with Gasteiger partial charge >= 0.3 is 11.9 Å². The monoisotopic (exact) mass is 908 g/mol. The fourth-order valence-corrected chi connectivity index (χ4v) is 7.98. The van der Waals surface area contributed by atoms with E-state index >= 15 is 0 Å². The van der Waals surface area contributed by atoms with E-state index in [2.05, 4.69) is 25.9 Å². The van der Waals surface area contributed by atoms with Gasteiger partial charge in [0, 0.05) is 43.1 Å². The second kappa shape index (κ2) is 17.6. The molecule has 0 radical (unpaired) electrons. The lowest BCUT2D eigenvalue weighted by Gasteiger charge is -2.09. The van der Waals surface area contributed by atoms with E-state index in [4.69, 9.17) is 51.1 Å². The third-order valence-corrected chi connectivity index (χ3v) is 12.1. The minimum Gasteiger partial charge on any atom is -0.478 e. The zero-order valence-corrected chi connectivity index (χ0v) is 34.8. The third-order valence-electron chi connectivity index (χ3n) is 8.13. The van der Waals surface area contributed by atoms with Gasteiger partial charge in [0.1, 0.15) is 10.0 Å². The zero-order valence-electron chi connectivity index (χ0n) is 28.6. The first kappa shape index (κ1) is 40.3. The van der Waals surface area contributed by atoms with Crippen LogP contribution in [0.3, 0.4) is 0 Å². The van der Waals surface area contributed by atoms with E-state index in [0.717, 1.165) is 33.1 Å². The van der Waals surface area contributed by atoms with Crippen molar-refractivity contribution in [1.82, 2.24) is 9.97 Å². The van der Waals surface area contributed by atoms with Gasteiger partial charge in [0.25, 0.3) is 0 Å². The highest BCUT2D eigenvalue weighted by Gasteiger charge is 2.17. The van der Waals surface area contributed by atoms with Gasteiger partial charge in [0.05, 0.1) is 49.7 Å². The molecule has 0 aliphatic rings. The summed E-state index contributed by atoms with van der Waals surface area (Å²) in [5.74, 6) is -1.52. The van der Waals surface area contributed by atoms with E-state index < -0.39 is 11.9 Å². The van der Waals surface area contributed by atoms with Crippen LogP contribution in [0.5, 0.6) is 0 Å². The predicted molar refractivity (Wildman–Crippen MR) is 227 cm³/mol. The van der Waals surface area contributed by atoms with Crippen molar-refractivity contribution in [2.24, 2.45) is 0 Å². The van der Waals surface area contributed by atoms with Gasteiger partial charge in [-0.25, -0.2) is 19.6 Å². The maximum absolute atomic E-state index is 12.0. The number of benzene rings is 5. The average molecular weight is 912 g/mol. The molecule has 0 unspecified atom stereocenters. The van der Waals surface area contributed by atoms with Crippen LogP contribution in [0.4, 0.5) is 0 Å². The first-order valence-electron chi connectivity index (χ1n) is 16.0. The van der Waals surface area contributed by atoms with Crippen molar-refractivity contribution in [3.63, 3.8) is 0 Å². The van der Waals surface area contributed by atoms with Crippen LogP contribution in [0.2, 0.25) is 20.1 Å². The van der Waals surface area contributed by atoms with Crippen molar-refractivity contribution in [2.45, 2.75) is 6.92 Å². The molecule has 14 heteroatoms. The molecule has 1 N–H and O–H groups in total. The molecule has 276 valence electrons. The van der Waals surface area contributed by atoms with Crippen LogP contribution in [-0.2, 0) is 4.74 Å². The van der Waals surface area contributed by atoms with E-state index in [1.165, 1.54) is 36.7 Å². The van der Waals surface area contributed by atoms with Gasteiger partial charge in [-0.2, -0.15) is 0 Å². The van der Waals surface area contributed by atoms with E-state index in [-0.39, 0.29) is 11.3 Å². The van der Waals surface area contributed by atoms with Crippen molar-refractivity contribution < 1.29 is 24.2 Å². The van der Waals surface area contributed by atoms with E-state index in [0.29, 0.717) is 57.4 Å². The fourth-order valence-electron chi connectivity index (χ4n) is 5.33. The highest BCUT2D eigenvalue weighted by atomic mass is 79.9. The molecule has 0 saturated heterocycles. The van der Waals surface area contributed by atoms with Crippen molar-refractivity contribution >= 4 is 103 Å². The van der Waals surface area contributed by atoms with Crippen LogP contribution in [0.15, 0.2) is 112 Å². The van der Waals surface area contributed by atoms with Gasteiger partial charge in [-0.05, 0) is 82.5 Å². The highest BCUT2D eigenvalue weighted by Crippen LogP contribution is 2.36. The van der Waals surface area contributed by atoms with Crippen LogP contribution in [0, 0.1) is 0 Å². The molecule has 0 amide bonds. The second-order valence-electron chi connectivity index (χ2n) is 11.7. The Morgan fingerprint density at radius 3 is 1.67 bits per heavy atom. The summed E-state index contributed by atoms with van der Waals surface area (Å²) >= 11 is 30.4. The Kier molecular flexibility index (Phi) is 12.9. The molecule has 7 nitrogen and oxygen atoms in total. The number of methoxy groups -OCH3 is 1. The SMILES string of the molecule is CC(=O)c1cccc(-c2ccc(-c3nc(-c4ccc(Cl)c(Cl)c4)cs3)cc2C(=O)O)c1.COC(=O)c1cc(-c2nc(-c3ccc(Cl)c(Cl)c3)cs2)ccc1Br. The molecule has 0 aliphatic heterocycles. The van der Waals surface area contributed by atoms with Crippen LogP contribution in [-0.4, -0.2) is 39.9 Å². The van der Waals surface area contributed by atoms with Crippen LogP contribution in [0.1, 0.15) is 38.0 Å². The molecule has 0 bridgehead atoms. The zero-order chi connectivity index (χ0) is 39.4. The summed E-state index contributed by atoms with van der Waals surface area (Å²) < 4.78 is 5.47. The number of hydrogen-bond acceptors (Lipinski definition) is 8. The second-order valence-corrected chi connectivity index (χ2v) is 15.9. The van der Waals surface area contributed by atoms with Crippen LogP contribution in [0.25, 0.3) is 54.8 Å². The number of carbonyl (C=O) groups excluding carboxylic acids is 2. The normalized spacial score (nSPS) is 10.7. The van der Waals surface area contributed by atoms with Crippen molar-refractivity contribution in [1.29, 1.82) is 0 Å². The Bertz CT molecular complexity index is 2610. The number of rotatable bonds is 8.